The molecule has 5 rings (SSSR count). The van der Waals surface area contributed by atoms with Crippen LogP contribution in [0.25, 0.3) is 6.08 Å². The summed E-state index contributed by atoms with van der Waals surface area (Å²) in [5, 5.41) is 42.8. The van der Waals surface area contributed by atoms with Gasteiger partial charge >= 0.3 is 0 Å². The third-order valence-corrected chi connectivity index (χ3v) is 8.08. The van der Waals surface area contributed by atoms with Crippen molar-refractivity contribution in [3.8, 4) is 34.5 Å². The molecule has 238 valence electrons. The van der Waals surface area contributed by atoms with E-state index in [2.05, 4.69) is 5.32 Å². The predicted octanol–water partition coefficient (Wildman–Crippen LogP) is 4.71. The van der Waals surface area contributed by atoms with Crippen LogP contribution in [0.5, 0.6) is 34.5 Å². The normalized spacial score (nSPS) is 16.9. The molecule has 5 N–H and O–H groups in total. The van der Waals surface area contributed by atoms with Gasteiger partial charge in [-0.25, -0.2) is 0 Å². The number of carbonyl (C=O) groups is 2. The Bertz CT molecular complexity index is 1730. The zero-order valence-corrected chi connectivity index (χ0v) is 25.5. The number of hydrogen-bond donors (Lipinski definition) is 5. The first-order valence-corrected chi connectivity index (χ1v) is 14.8. The number of phenols is 4. The molecule has 1 saturated heterocycles. The first kappa shape index (κ1) is 31.8. The number of likely N-dealkylation sites (tertiary alicyclic amines) is 1. The molecular formula is C36H36N2O8. The molecule has 0 aromatic heterocycles. The molecule has 46 heavy (non-hydrogen) atoms. The van der Waals surface area contributed by atoms with Crippen LogP contribution >= 0.6 is 0 Å². The first-order valence-electron chi connectivity index (χ1n) is 14.8. The van der Waals surface area contributed by atoms with Crippen LogP contribution in [-0.2, 0) is 22.4 Å². The molecule has 0 bridgehead atoms. The van der Waals surface area contributed by atoms with E-state index in [0.29, 0.717) is 24.0 Å². The van der Waals surface area contributed by atoms with Gasteiger partial charge in [0.25, 0.3) is 5.91 Å². The van der Waals surface area contributed by atoms with Crippen LogP contribution in [0.3, 0.4) is 0 Å². The second-order valence-electron chi connectivity index (χ2n) is 11.0. The summed E-state index contributed by atoms with van der Waals surface area (Å²) < 4.78 is 10.7. The number of methoxy groups -OCH3 is 2. The molecule has 0 unspecified atom stereocenters. The van der Waals surface area contributed by atoms with E-state index in [0.717, 1.165) is 11.1 Å². The molecule has 1 aliphatic rings. The van der Waals surface area contributed by atoms with Gasteiger partial charge < -0.3 is 40.1 Å². The van der Waals surface area contributed by atoms with Gasteiger partial charge in [0.1, 0.15) is 11.5 Å². The summed E-state index contributed by atoms with van der Waals surface area (Å²) in [5.41, 5.74) is 3.21. The van der Waals surface area contributed by atoms with Gasteiger partial charge in [0.05, 0.1) is 26.2 Å². The average molecular weight is 625 g/mol. The molecule has 10 heteroatoms. The Morgan fingerprint density at radius 1 is 0.783 bits per heavy atom. The number of rotatable bonds is 11. The minimum absolute atomic E-state index is 0.0597. The van der Waals surface area contributed by atoms with E-state index >= 15 is 0 Å². The third kappa shape index (κ3) is 7.02. The summed E-state index contributed by atoms with van der Waals surface area (Å²) in [7, 11) is 2.86. The van der Waals surface area contributed by atoms with E-state index in [1.54, 1.807) is 83.8 Å². The summed E-state index contributed by atoms with van der Waals surface area (Å²) in [6, 6.07) is 22.2. The fourth-order valence-electron chi connectivity index (χ4n) is 5.68. The zero-order valence-electron chi connectivity index (χ0n) is 25.5. The monoisotopic (exact) mass is 624 g/mol. The van der Waals surface area contributed by atoms with E-state index < -0.39 is 12.0 Å². The highest BCUT2D eigenvalue weighted by Gasteiger charge is 2.48. The van der Waals surface area contributed by atoms with Gasteiger partial charge in [0, 0.05) is 18.7 Å². The lowest BCUT2D eigenvalue weighted by molar-refractivity contribution is -0.126. The van der Waals surface area contributed by atoms with E-state index in [1.165, 1.54) is 26.4 Å². The van der Waals surface area contributed by atoms with Crippen LogP contribution in [0, 0.1) is 5.92 Å². The standard InChI is InChI=1S/C36H36N2O8/c1-45-31-20-24(7-13-29(31)41)19-28-33(35(43)37-17-15-22-3-9-26(39)10-4-22)34(25-8-14-30(42)32(21-25)46-2)38(36(28)44)18-16-23-5-11-27(40)12-6-23/h3-14,19-21,33-34,39-42H,15-18H2,1-2H3,(H,37,43)/b28-19-/t33-,34+/m1/s1. The van der Waals surface area contributed by atoms with E-state index in [-0.39, 0.29) is 65.0 Å². The number of ether oxygens (including phenoxy) is 2. The lowest BCUT2D eigenvalue weighted by atomic mass is 9.88. The molecule has 4 aromatic carbocycles. The maximum atomic E-state index is 14.3. The first-order chi connectivity index (χ1) is 22.2. The number of phenolic OH excluding ortho intramolecular Hbond substituents is 4. The molecular weight excluding hydrogens is 588 g/mol. The highest BCUT2D eigenvalue weighted by atomic mass is 16.5. The second-order valence-corrected chi connectivity index (χ2v) is 11.0. The van der Waals surface area contributed by atoms with Crippen LogP contribution in [0.1, 0.15) is 28.3 Å². The fourth-order valence-corrected chi connectivity index (χ4v) is 5.68. The zero-order chi connectivity index (χ0) is 32.8. The smallest absolute Gasteiger partial charge is 0.251 e. The summed E-state index contributed by atoms with van der Waals surface area (Å²) >= 11 is 0. The highest BCUT2D eigenvalue weighted by Crippen LogP contribution is 2.45. The molecule has 0 spiro atoms. The van der Waals surface area contributed by atoms with E-state index in [1.807, 2.05) is 0 Å². The van der Waals surface area contributed by atoms with Crippen LogP contribution in [0.15, 0.2) is 90.5 Å². The second kappa shape index (κ2) is 14.0. The Morgan fingerprint density at radius 3 is 1.96 bits per heavy atom. The Balaban J connectivity index is 1.56. The summed E-state index contributed by atoms with van der Waals surface area (Å²) in [5.74, 6) is -1.10. The summed E-state index contributed by atoms with van der Waals surface area (Å²) in [6.07, 6.45) is 2.59. The van der Waals surface area contributed by atoms with Gasteiger partial charge in [0.15, 0.2) is 23.0 Å². The minimum Gasteiger partial charge on any atom is -0.508 e. The molecule has 1 fully saturated rings. The largest absolute Gasteiger partial charge is 0.508 e. The molecule has 0 aliphatic carbocycles. The van der Waals surface area contributed by atoms with Gasteiger partial charge in [-0.05, 0) is 89.7 Å². The predicted molar refractivity (Wildman–Crippen MR) is 172 cm³/mol. The number of aromatic hydroxyl groups is 4. The quantitative estimate of drug-likeness (QED) is 0.151. The Morgan fingerprint density at radius 2 is 1.35 bits per heavy atom. The van der Waals surface area contributed by atoms with Gasteiger partial charge in [-0.3, -0.25) is 9.59 Å². The summed E-state index contributed by atoms with van der Waals surface area (Å²) in [4.78, 5) is 30.1. The number of benzene rings is 4. The number of amides is 2. The minimum atomic E-state index is -0.957. The van der Waals surface area contributed by atoms with E-state index in [9.17, 15) is 30.0 Å². The van der Waals surface area contributed by atoms with Crippen molar-refractivity contribution < 1.29 is 39.5 Å². The topological polar surface area (TPSA) is 149 Å². The molecule has 10 nitrogen and oxygen atoms in total. The van der Waals surface area contributed by atoms with Crippen molar-refractivity contribution in [3.05, 3.63) is 113 Å². The number of carbonyl (C=O) groups excluding carboxylic acids is 2. The van der Waals surface area contributed by atoms with Gasteiger partial charge in [-0.1, -0.05) is 36.4 Å². The number of nitrogens with one attached hydrogen (secondary N) is 1. The number of nitrogens with zero attached hydrogens (tertiary/aromatic N) is 1. The molecule has 0 radical (unpaired) electrons. The lowest BCUT2D eigenvalue weighted by Crippen LogP contribution is -2.37. The molecule has 2 amide bonds. The maximum Gasteiger partial charge on any atom is 0.251 e. The Kier molecular flexibility index (Phi) is 9.66. The SMILES string of the molecule is COc1cc(/C=C2\C(=O)N(CCc3ccc(O)cc3)[C@@H](c3ccc(O)c(OC)c3)[C@@H]2C(=O)NCCc2ccc(O)cc2)ccc1O. The highest BCUT2D eigenvalue weighted by molar-refractivity contribution is 6.07. The third-order valence-electron chi connectivity index (χ3n) is 8.08. The van der Waals surface area contributed by atoms with Crippen LogP contribution in [-0.4, -0.2) is 64.4 Å². The van der Waals surface area contributed by atoms with Crippen LogP contribution in [0.4, 0.5) is 0 Å². The van der Waals surface area contributed by atoms with Crippen molar-refractivity contribution in [3.63, 3.8) is 0 Å². The Hall–Kier alpha value is -5.64. The molecule has 2 atom stereocenters. The lowest BCUT2D eigenvalue weighted by Gasteiger charge is -2.28. The summed E-state index contributed by atoms with van der Waals surface area (Å²) in [6.45, 7) is 0.540. The van der Waals surface area contributed by atoms with Crippen molar-refractivity contribution >= 4 is 17.9 Å². The van der Waals surface area contributed by atoms with Crippen molar-refractivity contribution in [1.82, 2.24) is 10.2 Å². The van der Waals surface area contributed by atoms with Crippen molar-refractivity contribution in [1.29, 1.82) is 0 Å². The fraction of sp³-hybridized carbons (Fsp3) is 0.222. The molecule has 1 aliphatic heterocycles. The van der Waals surface area contributed by atoms with Crippen LogP contribution < -0.4 is 14.8 Å². The maximum absolute atomic E-state index is 14.3. The molecule has 0 saturated carbocycles. The van der Waals surface area contributed by atoms with E-state index in [4.69, 9.17) is 9.47 Å². The Labute approximate surface area is 266 Å². The molecule has 1 heterocycles. The van der Waals surface area contributed by atoms with Crippen molar-refractivity contribution in [2.45, 2.75) is 18.9 Å². The van der Waals surface area contributed by atoms with Gasteiger partial charge in [-0.2, -0.15) is 0 Å². The van der Waals surface area contributed by atoms with Crippen molar-refractivity contribution in [2.75, 3.05) is 27.3 Å². The number of hydrogen-bond acceptors (Lipinski definition) is 8. The molecule has 4 aromatic rings. The van der Waals surface area contributed by atoms with Gasteiger partial charge in [0.2, 0.25) is 5.91 Å². The van der Waals surface area contributed by atoms with Crippen LogP contribution in [0.2, 0.25) is 0 Å². The van der Waals surface area contributed by atoms with Crippen molar-refractivity contribution in [2.24, 2.45) is 5.92 Å². The van der Waals surface area contributed by atoms with Gasteiger partial charge in [-0.15, -0.1) is 0 Å². The average Bonchev–Trinajstić information content (AvgIpc) is 3.33.